The molecule has 1 amide bonds. The van der Waals surface area contributed by atoms with Gasteiger partial charge in [0.05, 0.1) is 36.6 Å². The van der Waals surface area contributed by atoms with Crippen LogP contribution in [0.25, 0.3) is 10.9 Å². The summed E-state index contributed by atoms with van der Waals surface area (Å²) < 4.78 is 5.45. The monoisotopic (exact) mass is 417 g/mol. The molecule has 160 valence electrons. The van der Waals surface area contributed by atoms with Crippen molar-refractivity contribution in [2.75, 3.05) is 44.5 Å². The number of aromatic nitrogens is 1. The number of nitrogens with one attached hydrogen (secondary N) is 1. The van der Waals surface area contributed by atoms with Crippen LogP contribution in [0.5, 0.6) is 5.75 Å². The topological polar surface area (TPSA) is 81.5 Å². The largest absolute Gasteiger partial charge is 0.495 e. The maximum atomic E-state index is 12.5. The third-order valence-electron chi connectivity index (χ3n) is 5.05. The second-order valence-electron chi connectivity index (χ2n) is 7.44. The van der Waals surface area contributed by atoms with Gasteiger partial charge in [0, 0.05) is 36.8 Å². The van der Waals surface area contributed by atoms with E-state index in [1.165, 1.54) is 0 Å². The highest BCUT2D eigenvalue weighted by atomic mass is 16.5. The zero-order valence-corrected chi connectivity index (χ0v) is 18.3. The molecule has 0 saturated carbocycles. The number of hydrogen-bond donors (Lipinski definition) is 1. The number of benzene rings is 2. The number of carbonyl (C=O) groups is 1. The van der Waals surface area contributed by atoms with E-state index in [-0.39, 0.29) is 12.5 Å². The molecule has 3 rings (SSSR count). The van der Waals surface area contributed by atoms with Crippen molar-refractivity contribution in [1.82, 2.24) is 9.88 Å². The first-order chi connectivity index (χ1) is 14.9. The summed E-state index contributed by atoms with van der Waals surface area (Å²) >= 11 is 0. The number of carbonyl (C=O) groups excluding carboxylic acids is 1. The van der Waals surface area contributed by atoms with Crippen molar-refractivity contribution in [2.24, 2.45) is 0 Å². The van der Waals surface area contributed by atoms with Crippen LogP contribution in [0.3, 0.4) is 0 Å². The molecular formula is C24H27N5O2. The lowest BCUT2D eigenvalue weighted by Gasteiger charge is -2.23. The summed E-state index contributed by atoms with van der Waals surface area (Å²) in [7, 11) is 5.38. The smallest absolute Gasteiger partial charge is 0.238 e. The van der Waals surface area contributed by atoms with E-state index in [4.69, 9.17) is 10.00 Å². The average Bonchev–Trinajstić information content (AvgIpc) is 2.76. The van der Waals surface area contributed by atoms with E-state index in [1.54, 1.807) is 7.11 Å². The van der Waals surface area contributed by atoms with E-state index in [0.717, 1.165) is 28.0 Å². The summed E-state index contributed by atoms with van der Waals surface area (Å²) in [5, 5.41) is 12.7. The van der Waals surface area contributed by atoms with Gasteiger partial charge in [-0.3, -0.25) is 14.7 Å². The number of pyridine rings is 1. The minimum absolute atomic E-state index is 0.163. The van der Waals surface area contributed by atoms with Crippen LogP contribution in [0.4, 0.5) is 17.1 Å². The minimum atomic E-state index is -0.163. The van der Waals surface area contributed by atoms with Gasteiger partial charge in [-0.15, -0.1) is 0 Å². The van der Waals surface area contributed by atoms with Crippen LogP contribution in [0.2, 0.25) is 0 Å². The summed E-state index contributed by atoms with van der Waals surface area (Å²) in [5.41, 5.74) is 4.40. The lowest BCUT2D eigenvalue weighted by Crippen LogP contribution is -2.31. The van der Waals surface area contributed by atoms with Gasteiger partial charge in [0.1, 0.15) is 5.75 Å². The molecule has 31 heavy (non-hydrogen) atoms. The van der Waals surface area contributed by atoms with Crippen molar-refractivity contribution < 1.29 is 9.53 Å². The van der Waals surface area contributed by atoms with Gasteiger partial charge in [-0.2, -0.15) is 5.26 Å². The van der Waals surface area contributed by atoms with Crippen molar-refractivity contribution in [3.05, 3.63) is 54.2 Å². The number of aryl methyl sites for hydroxylation is 1. The predicted molar refractivity (Wildman–Crippen MR) is 124 cm³/mol. The van der Waals surface area contributed by atoms with Gasteiger partial charge in [-0.1, -0.05) is 18.2 Å². The standard InChI is InChI=1S/C24H27N5O2/c1-17-14-22(19-8-5-6-9-20(19)26-17)29(3)18-10-11-23(31-4)21(15-18)27-24(30)16-28(2)13-7-12-25/h5-6,8-11,14-15H,7,13,16H2,1-4H3,(H,27,30). The van der Waals surface area contributed by atoms with E-state index in [9.17, 15) is 4.79 Å². The Labute approximate surface area is 182 Å². The molecule has 2 aromatic carbocycles. The maximum Gasteiger partial charge on any atom is 0.238 e. The number of rotatable bonds is 8. The molecule has 7 nitrogen and oxygen atoms in total. The number of nitriles is 1. The molecule has 0 aliphatic rings. The van der Waals surface area contributed by atoms with E-state index >= 15 is 0 Å². The molecular weight excluding hydrogens is 390 g/mol. The molecule has 7 heteroatoms. The highest BCUT2D eigenvalue weighted by Gasteiger charge is 2.15. The molecule has 1 N–H and O–H groups in total. The summed E-state index contributed by atoms with van der Waals surface area (Å²) in [6.07, 6.45) is 0.382. The lowest BCUT2D eigenvalue weighted by molar-refractivity contribution is -0.117. The zero-order valence-electron chi connectivity index (χ0n) is 18.3. The number of methoxy groups -OCH3 is 1. The Balaban J connectivity index is 1.88. The predicted octanol–water partition coefficient (Wildman–Crippen LogP) is 4.10. The van der Waals surface area contributed by atoms with Crippen LogP contribution in [0, 0.1) is 18.3 Å². The van der Waals surface area contributed by atoms with Gasteiger partial charge < -0.3 is 15.0 Å². The van der Waals surface area contributed by atoms with Gasteiger partial charge in [0.25, 0.3) is 0 Å². The molecule has 3 aromatic rings. The molecule has 0 saturated heterocycles. The number of likely N-dealkylation sites (N-methyl/N-ethyl adjacent to an activating group) is 1. The number of para-hydroxylation sites is 1. The zero-order chi connectivity index (χ0) is 22.4. The Bertz CT molecular complexity index is 1120. The van der Waals surface area contributed by atoms with Crippen LogP contribution in [0.1, 0.15) is 12.1 Å². The third-order valence-corrected chi connectivity index (χ3v) is 5.05. The Hall–Kier alpha value is -3.63. The molecule has 0 fully saturated rings. The number of hydrogen-bond acceptors (Lipinski definition) is 6. The second kappa shape index (κ2) is 9.92. The summed E-state index contributed by atoms with van der Waals surface area (Å²) in [5.74, 6) is 0.421. The normalized spacial score (nSPS) is 10.7. The van der Waals surface area contributed by atoms with Gasteiger partial charge in [0.2, 0.25) is 5.91 Å². The van der Waals surface area contributed by atoms with Crippen molar-refractivity contribution in [3.63, 3.8) is 0 Å². The van der Waals surface area contributed by atoms with E-state index < -0.39 is 0 Å². The van der Waals surface area contributed by atoms with Crippen molar-refractivity contribution in [3.8, 4) is 11.8 Å². The maximum absolute atomic E-state index is 12.5. The first kappa shape index (κ1) is 22.1. The fourth-order valence-corrected chi connectivity index (χ4v) is 3.46. The number of anilines is 3. The van der Waals surface area contributed by atoms with Gasteiger partial charge in [-0.05, 0) is 44.3 Å². The number of amides is 1. The van der Waals surface area contributed by atoms with Crippen molar-refractivity contribution >= 4 is 33.9 Å². The molecule has 1 heterocycles. The van der Waals surface area contributed by atoms with Gasteiger partial charge in [0.15, 0.2) is 0 Å². The summed E-state index contributed by atoms with van der Waals surface area (Å²) in [4.78, 5) is 21.0. The third kappa shape index (κ3) is 5.30. The highest BCUT2D eigenvalue weighted by molar-refractivity contribution is 5.96. The summed E-state index contributed by atoms with van der Waals surface area (Å²) in [6.45, 7) is 2.71. The first-order valence-electron chi connectivity index (χ1n) is 10.1. The number of fused-ring (bicyclic) bond motifs is 1. The van der Waals surface area contributed by atoms with Gasteiger partial charge in [-0.25, -0.2) is 0 Å². The van der Waals surface area contributed by atoms with Crippen LogP contribution in [0.15, 0.2) is 48.5 Å². The van der Waals surface area contributed by atoms with Crippen LogP contribution in [-0.4, -0.2) is 50.1 Å². The van der Waals surface area contributed by atoms with E-state index in [0.29, 0.717) is 24.4 Å². The van der Waals surface area contributed by atoms with Crippen LogP contribution in [-0.2, 0) is 4.79 Å². The highest BCUT2D eigenvalue weighted by Crippen LogP contribution is 2.35. The lowest BCUT2D eigenvalue weighted by atomic mass is 10.1. The van der Waals surface area contributed by atoms with E-state index in [2.05, 4.69) is 33.4 Å². The van der Waals surface area contributed by atoms with Crippen LogP contribution >= 0.6 is 0 Å². The Kier molecular flexibility index (Phi) is 7.06. The molecule has 0 radical (unpaired) electrons. The number of ether oxygens (including phenoxy) is 1. The van der Waals surface area contributed by atoms with E-state index in [1.807, 2.05) is 62.3 Å². The molecule has 0 bridgehead atoms. The first-order valence-corrected chi connectivity index (χ1v) is 10.1. The van der Waals surface area contributed by atoms with Crippen LogP contribution < -0.4 is 15.0 Å². The Morgan fingerprint density at radius 3 is 2.71 bits per heavy atom. The fraction of sp³-hybridized carbons (Fsp3) is 0.292. The Morgan fingerprint density at radius 2 is 1.97 bits per heavy atom. The van der Waals surface area contributed by atoms with Crippen molar-refractivity contribution in [2.45, 2.75) is 13.3 Å². The molecule has 0 aliphatic carbocycles. The average molecular weight is 418 g/mol. The molecule has 1 aromatic heterocycles. The molecule has 0 spiro atoms. The molecule has 0 atom stereocenters. The summed E-state index contributed by atoms with van der Waals surface area (Å²) in [6, 6.07) is 17.9. The molecule has 0 aliphatic heterocycles. The fourth-order valence-electron chi connectivity index (χ4n) is 3.46. The SMILES string of the molecule is COc1ccc(N(C)c2cc(C)nc3ccccc23)cc1NC(=O)CN(C)CCC#N. The number of nitrogens with zero attached hydrogens (tertiary/aromatic N) is 4. The Morgan fingerprint density at radius 1 is 1.19 bits per heavy atom. The second-order valence-corrected chi connectivity index (χ2v) is 7.44. The minimum Gasteiger partial charge on any atom is -0.495 e. The molecule has 0 unspecified atom stereocenters. The van der Waals surface area contributed by atoms with Crippen molar-refractivity contribution in [1.29, 1.82) is 5.26 Å². The van der Waals surface area contributed by atoms with Gasteiger partial charge >= 0.3 is 0 Å². The quantitative estimate of drug-likeness (QED) is 0.594.